The van der Waals surface area contributed by atoms with E-state index in [9.17, 15) is 4.79 Å². The highest BCUT2D eigenvalue weighted by Crippen LogP contribution is 2.17. The molecule has 0 heterocycles. The van der Waals surface area contributed by atoms with Crippen molar-refractivity contribution in [3.8, 4) is 5.75 Å². The standard InChI is InChI=1S/C7H8N2O2/c8-9-6-1-5(4-10)2-7(11)3-6/h1-4,9,11H,8H2. The molecule has 0 aliphatic rings. The number of carbonyl (C=O) groups is 1. The summed E-state index contributed by atoms with van der Waals surface area (Å²) in [5, 5.41) is 9.00. The highest BCUT2D eigenvalue weighted by Gasteiger charge is 1.96. The van der Waals surface area contributed by atoms with Gasteiger partial charge in [-0.1, -0.05) is 0 Å². The van der Waals surface area contributed by atoms with E-state index in [0.29, 0.717) is 17.5 Å². The molecule has 11 heavy (non-hydrogen) atoms. The molecule has 1 aromatic carbocycles. The molecule has 58 valence electrons. The summed E-state index contributed by atoms with van der Waals surface area (Å²) in [6.07, 6.45) is 0.639. The van der Waals surface area contributed by atoms with Gasteiger partial charge in [0.25, 0.3) is 0 Å². The number of hydrogen-bond acceptors (Lipinski definition) is 4. The van der Waals surface area contributed by atoms with Gasteiger partial charge < -0.3 is 10.5 Å². The molecular formula is C7H8N2O2. The normalized spacial score (nSPS) is 9.18. The number of nitrogens with one attached hydrogen (secondary N) is 1. The summed E-state index contributed by atoms with van der Waals surface area (Å²) in [5.74, 6) is 5.08. The molecule has 0 radical (unpaired) electrons. The number of nitrogens with two attached hydrogens (primary N) is 1. The lowest BCUT2D eigenvalue weighted by atomic mass is 10.2. The Balaban J connectivity index is 3.11. The topological polar surface area (TPSA) is 75.3 Å². The molecule has 0 bridgehead atoms. The maximum atomic E-state index is 10.2. The number of phenolic OH excluding ortho intramolecular Hbond substituents is 1. The molecule has 0 unspecified atom stereocenters. The third-order valence-corrected chi connectivity index (χ3v) is 1.24. The van der Waals surface area contributed by atoms with Crippen LogP contribution in [-0.2, 0) is 0 Å². The summed E-state index contributed by atoms with van der Waals surface area (Å²) < 4.78 is 0. The number of hydrazine groups is 1. The predicted molar refractivity (Wildman–Crippen MR) is 41.3 cm³/mol. The van der Waals surface area contributed by atoms with Crippen molar-refractivity contribution in [2.24, 2.45) is 5.84 Å². The summed E-state index contributed by atoms with van der Waals surface area (Å²) in [6, 6.07) is 4.31. The van der Waals surface area contributed by atoms with Crippen molar-refractivity contribution in [3.05, 3.63) is 23.8 Å². The first kappa shape index (κ1) is 7.56. The molecule has 1 aromatic rings. The van der Waals surface area contributed by atoms with Crippen LogP contribution in [0.4, 0.5) is 5.69 Å². The number of hydrogen-bond donors (Lipinski definition) is 3. The van der Waals surface area contributed by atoms with Crippen molar-refractivity contribution >= 4 is 12.0 Å². The van der Waals surface area contributed by atoms with Crippen molar-refractivity contribution in [1.82, 2.24) is 0 Å². The quantitative estimate of drug-likeness (QED) is 0.327. The van der Waals surface area contributed by atoms with Crippen molar-refractivity contribution in [2.75, 3.05) is 5.43 Å². The maximum Gasteiger partial charge on any atom is 0.150 e. The minimum Gasteiger partial charge on any atom is -0.508 e. The second-order valence-corrected chi connectivity index (χ2v) is 2.08. The molecule has 0 saturated heterocycles. The fraction of sp³-hybridized carbons (Fsp3) is 0. The zero-order chi connectivity index (χ0) is 8.27. The van der Waals surface area contributed by atoms with Gasteiger partial charge in [0.2, 0.25) is 0 Å². The number of aromatic hydroxyl groups is 1. The molecule has 4 nitrogen and oxygen atoms in total. The van der Waals surface area contributed by atoms with Gasteiger partial charge in [-0.15, -0.1) is 0 Å². The molecule has 4 N–H and O–H groups in total. The lowest BCUT2D eigenvalue weighted by molar-refractivity contribution is 0.112. The van der Waals surface area contributed by atoms with E-state index >= 15 is 0 Å². The van der Waals surface area contributed by atoms with Crippen molar-refractivity contribution in [2.45, 2.75) is 0 Å². The first-order chi connectivity index (χ1) is 5.26. The van der Waals surface area contributed by atoms with Crippen LogP contribution >= 0.6 is 0 Å². The van der Waals surface area contributed by atoms with Crippen LogP contribution in [0, 0.1) is 0 Å². The zero-order valence-corrected chi connectivity index (χ0v) is 5.74. The number of anilines is 1. The molecule has 0 spiro atoms. The van der Waals surface area contributed by atoms with Gasteiger partial charge in [0.1, 0.15) is 12.0 Å². The summed E-state index contributed by atoms with van der Waals surface area (Å²) in [7, 11) is 0. The third kappa shape index (κ3) is 1.68. The van der Waals surface area contributed by atoms with Crippen LogP contribution < -0.4 is 11.3 Å². The Morgan fingerprint density at radius 2 is 2.18 bits per heavy atom. The van der Waals surface area contributed by atoms with E-state index in [1.54, 1.807) is 0 Å². The van der Waals surface area contributed by atoms with Crippen LogP contribution in [-0.4, -0.2) is 11.4 Å². The molecule has 0 aliphatic heterocycles. The first-order valence-corrected chi connectivity index (χ1v) is 3.02. The SMILES string of the molecule is NNc1cc(O)cc(C=O)c1. The van der Waals surface area contributed by atoms with Gasteiger partial charge in [0.15, 0.2) is 0 Å². The van der Waals surface area contributed by atoms with E-state index in [-0.39, 0.29) is 5.75 Å². The lowest BCUT2D eigenvalue weighted by Gasteiger charge is -2.00. The van der Waals surface area contributed by atoms with Gasteiger partial charge in [-0.3, -0.25) is 10.6 Å². The van der Waals surface area contributed by atoms with E-state index < -0.39 is 0 Å². The minimum absolute atomic E-state index is 0.0163. The third-order valence-electron chi connectivity index (χ3n) is 1.24. The molecule has 0 fully saturated rings. The molecule has 0 saturated carbocycles. The fourth-order valence-corrected chi connectivity index (χ4v) is 0.786. The average Bonchev–Trinajstić information content (AvgIpc) is 2.03. The highest BCUT2D eigenvalue weighted by molar-refractivity contribution is 5.78. The molecule has 0 aromatic heterocycles. The molecular weight excluding hydrogens is 144 g/mol. The second kappa shape index (κ2) is 3.03. The Morgan fingerprint density at radius 3 is 2.73 bits per heavy atom. The number of carbonyl (C=O) groups excluding carboxylic acids is 1. The zero-order valence-electron chi connectivity index (χ0n) is 5.74. The first-order valence-electron chi connectivity index (χ1n) is 3.02. The van der Waals surface area contributed by atoms with Gasteiger partial charge in [0, 0.05) is 11.6 Å². The van der Waals surface area contributed by atoms with Crippen molar-refractivity contribution in [1.29, 1.82) is 0 Å². The summed E-state index contributed by atoms with van der Waals surface area (Å²) >= 11 is 0. The summed E-state index contributed by atoms with van der Waals surface area (Å²) in [6.45, 7) is 0. The van der Waals surface area contributed by atoms with Crippen LogP contribution in [0.15, 0.2) is 18.2 Å². The van der Waals surface area contributed by atoms with Crippen molar-refractivity contribution < 1.29 is 9.90 Å². The average molecular weight is 152 g/mol. The van der Waals surface area contributed by atoms with Crippen LogP contribution in [0.5, 0.6) is 5.75 Å². The lowest BCUT2D eigenvalue weighted by Crippen LogP contribution is -2.06. The molecule has 4 heteroatoms. The highest BCUT2D eigenvalue weighted by atomic mass is 16.3. The van der Waals surface area contributed by atoms with Crippen LogP contribution in [0.1, 0.15) is 10.4 Å². The molecule has 0 amide bonds. The van der Waals surface area contributed by atoms with Crippen LogP contribution in [0.3, 0.4) is 0 Å². The van der Waals surface area contributed by atoms with E-state index in [1.807, 2.05) is 0 Å². The monoisotopic (exact) mass is 152 g/mol. The second-order valence-electron chi connectivity index (χ2n) is 2.08. The molecule has 1 rings (SSSR count). The van der Waals surface area contributed by atoms with Crippen LogP contribution in [0.2, 0.25) is 0 Å². The van der Waals surface area contributed by atoms with E-state index in [4.69, 9.17) is 10.9 Å². The smallest absolute Gasteiger partial charge is 0.150 e. The number of nitrogen functional groups attached to an aromatic ring is 1. The Labute approximate surface area is 63.6 Å². The van der Waals surface area contributed by atoms with Crippen molar-refractivity contribution in [3.63, 3.8) is 0 Å². The number of rotatable bonds is 2. The Bertz CT molecular complexity index is 273. The summed E-state index contributed by atoms with van der Waals surface area (Å²) in [4.78, 5) is 10.2. The van der Waals surface area contributed by atoms with E-state index in [1.165, 1.54) is 18.2 Å². The Morgan fingerprint density at radius 1 is 1.45 bits per heavy atom. The van der Waals surface area contributed by atoms with Gasteiger partial charge in [-0.25, -0.2) is 0 Å². The number of phenols is 1. The number of aldehydes is 1. The van der Waals surface area contributed by atoms with Gasteiger partial charge in [0.05, 0.1) is 5.69 Å². The van der Waals surface area contributed by atoms with Gasteiger partial charge in [-0.2, -0.15) is 0 Å². The van der Waals surface area contributed by atoms with Gasteiger partial charge >= 0.3 is 0 Å². The van der Waals surface area contributed by atoms with E-state index in [2.05, 4.69) is 5.43 Å². The number of benzene rings is 1. The largest absolute Gasteiger partial charge is 0.508 e. The van der Waals surface area contributed by atoms with E-state index in [0.717, 1.165) is 0 Å². The fourth-order valence-electron chi connectivity index (χ4n) is 0.786. The molecule has 0 aliphatic carbocycles. The maximum absolute atomic E-state index is 10.2. The summed E-state index contributed by atoms with van der Waals surface area (Å²) in [5.41, 5.74) is 3.22. The minimum atomic E-state index is 0.0163. The van der Waals surface area contributed by atoms with Crippen LogP contribution in [0.25, 0.3) is 0 Å². The Hall–Kier alpha value is -1.55. The Kier molecular flexibility index (Phi) is 2.08. The van der Waals surface area contributed by atoms with Gasteiger partial charge in [-0.05, 0) is 12.1 Å². The molecule has 0 atom stereocenters. The predicted octanol–water partition coefficient (Wildman–Crippen LogP) is 0.490.